The largest absolute Gasteiger partial charge is 0.507 e. The first-order chi connectivity index (χ1) is 13.9. The quantitative estimate of drug-likeness (QED) is 0.715. The van der Waals surface area contributed by atoms with Crippen molar-refractivity contribution in [3.63, 3.8) is 0 Å². The number of hydrogen-bond acceptors (Lipinski definition) is 5. The Balaban J connectivity index is 1.61. The van der Waals surface area contributed by atoms with E-state index in [0.29, 0.717) is 11.8 Å². The van der Waals surface area contributed by atoms with Gasteiger partial charge in [0.1, 0.15) is 17.0 Å². The highest BCUT2D eigenvalue weighted by molar-refractivity contribution is 5.84. The minimum absolute atomic E-state index is 0.0184. The van der Waals surface area contributed by atoms with Crippen molar-refractivity contribution in [1.82, 2.24) is 24.6 Å². The van der Waals surface area contributed by atoms with Gasteiger partial charge in [0.2, 0.25) is 0 Å². The van der Waals surface area contributed by atoms with Gasteiger partial charge in [0, 0.05) is 29.3 Å². The number of imidazole rings is 1. The lowest BCUT2D eigenvalue weighted by Crippen LogP contribution is -2.33. The molecule has 2 aromatic heterocycles. The minimum atomic E-state index is -0.0184. The number of piperidine rings is 1. The number of phenols is 1. The van der Waals surface area contributed by atoms with Crippen LogP contribution in [0.15, 0.2) is 18.5 Å². The highest BCUT2D eigenvalue weighted by Crippen LogP contribution is 2.47. The Kier molecular flexibility index (Phi) is 4.17. The minimum Gasteiger partial charge on any atom is -0.507 e. The number of aryl methyl sites for hydroxylation is 2. The number of aromatic hydroxyl groups is 1. The van der Waals surface area contributed by atoms with E-state index in [0.717, 1.165) is 65.9 Å². The molecular weight excluding hydrogens is 362 g/mol. The molecule has 6 nitrogen and oxygen atoms in total. The zero-order valence-electron chi connectivity index (χ0n) is 17.7. The van der Waals surface area contributed by atoms with Crippen molar-refractivity contribution in [2.24, 2.45) is 0 Å². The van der Waals surface area contributed by atoms with E-state index in [2.05, 4.69) is 46.6 Å². The van der Waals surface area contributed by atoms with E-state index in [-0.39, 0.29) is 5.41 Å². The van der Waals surface area contributed by atoms with Gasteiger partial charge in [-0.1, -0.05) is 19.9 Å². The number of likely N-dealkylation sites (N-methyl/N-ethyl adjacent to an activating group) is 1. The van der Waals surface area contributed by atoms with E-state index in [1.807, 2.05) is 19.3 Å². The van der Waals surface area contributed by atoms with Crippen LogP contribution in [-0.2, 0) is 11.8 Å². The van der Waals surface area contributed by atoms with E-state index in [4.69, 9.17) is 4.98 Å². The van der Waals surface area contributed by atoms with Crippen LogP contribution in [0.1, 0.15) is 55.8 Å². The molecule has 29 heavy (non-hydrogen) atoms. The second-order valence-electron chi connectivity index (χ2n) is 9.44. The molecule has 3 aromatic rings. The van der Waals surface area contributed by atoms with Gasteiger partial charge >= 0.3 is 0 Å². The van der Waals surface area contributed by atoms with Crippen LogP contribution >= 0.6 is 0 Å². The molecule has 0 bridgehead atoms. The summed E-state index contributed by atoms with van der Waals surface area (Å²) in [5.74, 6) is 0.357. The molecule has 0 radical (unpaired) electrons. The maximum absolute atomic E-state index is 11.1. The number of fused-ring (bicyclic) bond motifs is 2. The third kappa shape index (κ3) is 2.84. The number of likely N-dealkylation sites (tertiary alicyclic amines) is 1. The fraction of sp³-hybridized carbons (Fsp3) is 0.522. The average molecular weight is 392 g/mol. The Labute approximate surface area is 171 Å². The number of rotatable bonds is 2. The van der Waals surface area contributed by atoms with Crippen molar-refractivity contribution in [3.05, 3.63) is 35.2 Å². The van der Waals surface area contributed by atoms with Gasteiger partial charge in [0.25, 0.3) is 0 Å². The van der Waals surface area contributed by atoms with Crippen LogP contribution in [0.3, 0.4) is 0 Å². The molecule has 3 heterocycles. The van der Waals surface area contributed by atoms with Crippen LogP contribution in [-0.4, -0.2) is 49.9 Å². The lowest BCUT2D eigenvalue weighted by molar-refractivity contribution is 0.214. The number of hydrogen-bond donors (Lipinski definition) is 1. The van der Waals surface area contributed by atoms with E-state index in [1.54, 1.807) is 0 Å². The first kappa shape index (κ1) is 18.6. The van der Waals surface area contributed by atoms with Gasteiger partial charge in [-0.25, -0.2) is 4.98 Å². The lowest BCUT2D eigenvalue weighted by atomic mass is 9.84. The van der Waals surface area contributed by atoms with E-state index >= 15 is 0 Å². The highest BCUT2D eigenvalue weighted by atomic mass is 16.3. The van der Waals surface area contributed by atoms with E-state index in [1.165, 1.54) is 12.0 Å². The van der Waals surface area contributed by atoms with Gasteiger partial charge in [0.05, 0.1) is 6.33 Å². The normalized spacial score (nSPS) is 21.6. The maximum Gasteiger partial charge on any atom is 0.183 e. The van der Waals surface area contributed by atoms with Crippen LogP contribution in [0.2, 0.25) is 0 Å². The van der Waals surface area contributed by atoms with Crippen LogP contribution < -0.4 is 0 Å². The van der Waals surface area contributed by atoms with E-state index < -0.39 is 0 Å². The second-order valence-corrected chi connectivity index (χ2v) is 9.44. The third-order valence-corrected chi connectivity index (χ3v) is 6.93. The molecule has 1 aromatic carbocycles. The van der Waals surface area contributed by atoms with Crippen molar-refractivity contribution in [1.29, 1.82) is 0 Å². The Morgan fingerprint density at radius 1 is 1.21 bits per heavy atom. The molecule has 0 amide bonds. The summed E-state index contributed by atoms with van der Waals surface area (Å²) >= 11 is 0. The number of benzene rings is 1. The van der Waals surface area contributed by atoms with Crippen molar-refractivity contribution < 1.29 is 5.11 Å². The summed E-state index contributed by atoms with van der Waals surface area (Å²) in [6, 6.07) is 4.51. The molecule has 1 aliphatic heterocycles. The topological polar surface area (TPSA) is 67.1 Å². The summed E-state index contributed by atoms with van der Waals surface area (Å²) in [7, 11) is 2.17. The van der Waals surface area contributed by atoms with Crippen molar-refractivity contribution in [3.8, 4) is 17.0 Å². The Morgan fingerprint density at radius 2 is 2.03 bits per heavy atom. The fourth-order valence-corrected chi connectivity index (χ4v) is 5.25. The summed E-state index contributed by atoms with van der Waals surface area (Å²) in [6.45, 7) is 8.59. The Bertz CT molecular complexity index is 1100. The molecule has 0 saturated carbocycles. The molecule has 5 rings (SSSR count). The van der Waals surface area contributed by atoms with Gasteiger partial charge in [-0.05, 0) is 63.2 Å². The van der Waals surface area contributed by atoms with E-state index in [9.17, 15) is 5.11 Å². The van der Waals surface area contributed by atoms with Gasteiger partial charge in [-0.15, -0.1) is 10.2 Å². The van der Waals surface area contributed by atoms with Gasteiger partial charge in [0.15, 0.2) is 5.65 Å². The molecule has 1 saturated heterocycles. The first-order valence-corrected chi connectivity index (χ1v) is 10.6. The molecule has 6 heteroatoms. The Hall–Kier alpha value is -2.47. The molecule has 0 unspecified atom stereocenters. The predicted octanol–water partition coefficient (Wildman–Crippen LogP) is 4.00. The molecule has 1 fully saturated rings. The van der Waals surface area contributed by atoms with Crippen molar-refractivity contribution in [2.45, 2.75) is 57.9 Å². The average Bonchev–Trinajstić information content (AvgIpc) is 3.25. The van der Waals surface area contributed by atoms with Gasteiger partial charge < -0.3 is 14.6 Å². The monoisotopic (exact) mass is 391 g/mol. The molecule has 1 aliphatic carbocycles. The molecule has 0 spiro atoms. The van der Waals surface area contributed by atoms with Crippen LogP contribution in [0.5, 0.6) is 5.75 Å². The summed E-state index contributed by atoms with van der Waals surface area (Å²) < 4.78 is 2.18. The van der Waals surface area contributed by atoms with Gasteiger partial charge in [-0.3, -0.25) is 0 Å². The SMILES string of the molecule is Cc1c(-c2ccc3c(c2O)C(C)(C)CC3)nnc2c1ncn2[C@@H]1CCCN(C)C1. The fourth-order valence-electron chi connectivity index (χ4n) is 5.25. The van der Waals surface area contributed by atoms with Gasteiger partial charge in [-0.2, -0.15) is 0 Å². The molecule has 1 N–H and O–H groups in total. The zero-order valence-corrected chi connectivity index (χ0v) is 17.7. The third-order valence-electron chi connectivity index (χ3n) is 6.93. The Morgan fingerprint density at radius 3 is 2.83 bits per heavy atom. The number of nitrogens with zero attached hydrogens (tertiary/aromatic N) is 5. The first-order valence-electron chi connectivity index (χ1n) is 10.6. The molecular formula is C23H29N5O. The number of aromatic nitrogens is 4. The van der Waals surface area contributed by atoms with Crippen LogP contribution in [0.25, 0.3) is 22.4 Å². The summed E-state index contributed by atoms with van der Waals surface area (Å²) in [6.07, 6.45) is 6.30. The molecule has 2 aliphatic rings. The smallest absolute Gasteiger partial charge is 0.183 e. The molecule has 152 valence electrons. The predicted molar refractivity (Wildman–Crippen MR) is 114 cm³/mol. The summed E-state index contributed by atoms with van der Waals surface area (Å²) in [5.41, 5.74) is 6.47. The standard InChI is InChI=1S/C23H29N5O/c1-14-19(17-8-7-15-9-10-23(2,3)18(15)21(17)29)25-26-22-20(14)24-13-28(22)16-6-5-11-27(4)12-16/h7-8,13,16,29H,5-6,9-12H2,1-4H3/t16-/m1/s1. The van der Waals surface area contributed by atoms with Crippen LogP contribution in [0, 0.1) is 6.92 Å². The van der Waals surface area contributed by atoms with Crippen molar-refractivity contribution in [2.75, 3.05) is 20.1 Å². The summed E-state index contributed by atoms with van der Waals surface area (Å²) in [5, 5.41) is 20.3. The second kappa shape index (κ2) is 6.52. The molecule has 1 atom stereocenters. The number of phenolic OH excluding ortho intramolecular Hbond substituents is 1. The lowest BCUT2D eigenvalue weighted by Gasteiger charge is -2.30. The van der Waals surface area contributed by atoms with Crippen molar-refractivity contribution >= 4 is 11.2 Å². The van der Waals surface area contributed by atoms with Crippen LogP contribution in [0.4, 0.5) is 0 Å². The highest BCUT2D eigenvalue weighted by Gasteiger charge is 2.34. The zero-order chi connectivity index (χ0) is 20.3. The maximum atomic E-state index is 11.1. The summed E-state index contributed by atoms with van der Waals surface area (Å²) in [4.78, 5) is 7.06.